The molecule has 0 radical (unpaired) electrons. The SMILES string of the molecule is CC(=O)NC1CCN(Cc2sccc2/C=C/C(=O)O)C1. The van der Waals surface area contributed by atoms with Crippen molar-refractivity contribution in [1.29, 1.82) is 0 Å². The predicted molar refractivity (Wildman–Crippen MR) is 78.5 cm³/mol. The highest BCUT2D eigenvalue weighted by Gasteiger charge is 2.23. The van der Waals surface area contributed by atoms with E-state index in [1.165, 1.54) is 6.92 Å². The summed E-state index contributed by atoms with van der Waals surface area (Å²) in [4.78, 5) is 25.0. The summed E-state index contributed by atoms with van der Waals surface area (Å²) in [5.74, 6) is -0.924. The normalized spacial score (nSPS) is 19.6. The number of likely N-dealkylation sites (tertiary alicyclic amines) is 1. The van der Waals surface area contributed by atoms with Crippen LogP contribution in [0, 0.1) is 0 Å². The average Bonchev–Trinajstić information content (AvgIpc) is 2.96. The zero-order valence-corrected chi connectivity index (χ0v) is 12.2. The number of amides is 1. The fraction of sp³-hybridized carbons (Fsp3) is 0.429. The number of hydrogen-bond acceptors (Lipinski definition) is 4. The number of carbonyl (C=O) groups excluding carboxylic acids is 1. The van der Waals surface area contributed by atoms with Gasteiger partial charge in [-0.15, -0.1) is 11.3 Å². The summed E-state index contributed by atoms with van der Waals surface area (Å²) < 4.78 is 0. The lowest BCUT2D eigenvalue weighted by atomic mass is 10.2. The minimum absolute atomic E-state index is 0.0121. The summed E-state index contributed by atoms with van der Waals surface area (Å²) in [6.45, 7) is 4.13. The summed E-state index contributed by atoms with van der Waals surface area (Å²) in [5, 5.41) is 13.6. The van der Waals surface area contributed by atoms with Crippen molar-refractivity contribution in [3.05, 3.63) is 28.0 Å². The van der Waals surface area contributed by atoms with Gasteiger partial charge in [0.15, 0.2) is 0 Å². The zero-order chi connectivity index (χ0) is 14.5. The summed E-state index contributed by atoms with van der Waals surface area (Å²) in [6.07, 6.45) is 3.76. The van der Waals surface area contributed by atoms with E-state index in [1.54, 1.807) is 17.4 Å². The Hall–Kier alpha value is -1.66. The van der Waals surface area contributed by atoms with Gasteiger partial charge in [0.1, 0.15) is 0 Å². The maximum Gasteiger partial charge on any atom is 0.328 e. The van der Waals surface area contributed by atoms with E-state index in [-0.39, 0.29) is 11.9 Å². The number of aliphatic carboxylic acids is 1. The van der Waals surface area contributed by atoms with E-state index >= 15 is 0 Å². The van der Waals surface area contributed by atoms with E-state index < -0.39 is 5.97 Å². The Morgan fingerprint density at radius 3 is 3.10 bits per heavy atom. The molecule has 2 rings (SSSR count). The van der Waals surface area contributed by atoms with Crippen molar-refractivity contribution >= 4 is 29.3 Å². The van der Waals surface area contributed by atoms with Gasteiger partial charge in [-0.1, -0.05) is 0 Å². The Labute approximate surface area is 121 Å². The highest BCUT2D eigenvalue weighted by atomic mass is 32.1. The molecule has 1 aliphatic rings. The van der Waals surface area contributed by atoms with E-state index in [2.05, 4.69) is 10.2 Å². The fourth-order valence-electron chi connectivity index (χ4n) is 2.37. The first-order valence-electron chi connectivity index (χ1n) is 6.51. The van der Waals surface area contributed by atoms with E-state index in [9.17, 15) is 9.59 Å². The lowest BCUT2D eigenvalue weighted by Crippen LogP contribution is -2.35. The maximum absolute atomic E-state index is 11.0. The minimum atomic E-state index is -0.936. The van der Waals surface area contributed by atoms with E-state index in [0.717, 1.165) is 42.6 Å². The molecule has 0 bridgehead atoms. The molecule has 0 spiro atoms. The molecule has 20 heavy (non-hydrogen) atoms. The Balaban J connectivity index is 1.93. The first-order chi connectivity index (χ1) is 9.54. The standard InChI is InChI=1S/C14H18N2O3S/c1-10(17)15-12-4-6-16(8-12)9-13-11(5-7-20-13)2-3-14(18)19/h2-3,5,7,12H,4,6,8-9H2,1H3,(H,15,17)(H,18,19)/b3-2+. The third-order valence-corrected chi connectivity index (χ3v) is 4.15. The number of thiophene rings is 1. The molecule has 2 N–H and O–H groups in total. The van der Waals surface area contributed by atoms with Gasteiger partial charge in [-0.05, 0) is 29.5 Å². The van der Waals surface area contributed by atoms with E-state index in [1.807, 2.05) is 11.4 Å². The van der Waals surface area contributed by atoms with Crippen LogP contribution in [0.2, 0.25) is 0 Å². The molecule has 2 heterocycles. The van der Waals surface area contributed by atoms with Crippen LogP contribution in [0.3, 0.4) is 0 Å². The molecule has 0 aliphatic carbocycles. The quantitative estimate of drug-likeness (QED) is 0.809. The second kappa shape index (κ2) is 6.67. The van der Waals surface area contributed by atoms with E-state index in [4.69, 9.17) is 5.11 Å². The van der Waals surface area contributed by atoms with Crippen molar-refractivity contribution in [3.8, 4) is 0 Å². The lowest BCUT2D eigenvalue weighted by Gasteiger charge is -2.16. The smallest absolute Gasteiger partial charge is 0.328 e. The van der Waals surface area contributed by atoms with Crippen LogP contribution in [0.5, 0.6) is 0 Å². The summed E-state index contributed by atoms with van der Waals surface area (Å²) in [7, 11) is 0. The highest BCUT2D eigenvalue weighted by molar-refractivity contribution is 7.10. The van der Waals surface area contributed by atoms with Crippen molar-refractivity contribution < 1.29 is 14.7 Å². The van der Waals surface area contributed by atoms with Gasteiger partial charge in [-0.2, -0.15) is 0 Å². The monoisotopic (exact) mass is 294 g/mol. The Kier molecular flexibility index (Phi) is 4.92. The van der Waals surface area contributed by atoms with Gasteiger partial charge in [0.05, 0.1) is 0 Å². The molecule has 1 saturated heterocycles. The molecular weight excluding hydrogens is 276 g/mol. The predicted octanol–water partition coefficient (Wildman–Crippen LogP) is 1.56. The number of carbonyl (C=O) groups is 2. The van der Waals surface area contributed by atoms with Crippen LogP contribution in [-0.2, 0) is 16.1 Å². The Bertz CT molecular complexity index is 524. The van der Waals surface area contributed by atoms with Crippen molar-refractivity contribution in [1.82, 2.24) is 10.2 Å². The van der Waals surface area contributed by atoms with Crippen molar-refractivity contribution in [2.24, 2.45) is 0 Å². The van der Waals surface area contributed by atoms with Crippen LogP contribution < -0.4 is 5.32 Å². The van der Waals surface area contributed by atoms with Crippen LogP contribution in [0.15, 0.2) is 17.5 Å². The molecule has 6 heteroatoms. The molecule has 1 amide bonds. The zero-order valence-electron chi connectivity index (χ0n) is 11.3. The Morgan fingerprint density at radius 2 is 2.40 bits per heavy atom. The third kappa shape index (κ3) is 4.18. The largest absolute Gasteiger partial charge is 0.478 e. The number of nitrogens with one attached hydrogen (secondary N) is 1. The Morgan fingerprint density at radius 1 is 1.60 bits per heavy atom. The second-order valence-corrected chi connectivity index (χ2v) is 5.89. The van der Waals surface area contributed by atoms with Gasteiger partial charge in [-0.3, -0.25) is 9.69 Å². The summed E-state index contributed by atoms with van der Waals surface area (Å²) >= 11 is 1.63. The highest BCUT2D eigenvalue weighted by Crippen LogP contribution is 2.22. The molecule has 1 aliphatic heterocycles. The topological polar surface area (TPSA) is 69.6 Å². The summed E-state index contributed by atoms with van der Waals surface area (Å²) in [5.41, 5.74) is 0.959. The third-order valence-electron chi connectivity index (χ3n) is 3.23. The van der Waals surface area contributed by atoms with Crippen molar-refractivity contribution in [2.75, 3.05) is 13.1 Å². The van der Waals surface area contributed by atoms with E-state index in [0.29, 0.717) is 0 Å². The van der Waals surface area contributed by atoms with Crippen molar-refractivity contribution in [3.63, 3.8) is 0 Å². The number of nitrogens with zero attached hydrogens (tertiary/aromatic N) is 1. The van der Waals surface area contributed by atoms with Crippen LogP contribution in [0.4, 0.5) is 0 Å². The molecule has 0 saturated carbocycles. The number of hydrogen-bond donors (Lipinski definition) is 2. The van der Waals surface area contributed by atoms with Crippen LogP contribution in [-0.4, -0.2) is 41.0 Å². The molecule has 1 fully saturated rings. The molecule has 0 aromatic carbocycles. The minimum Gasteiger partial charge on any atom is -0.478 e. The number of carboxylic acid groups (broad SMARTS) is 1. The van der Waals surface area contributed by atoms with Crippen LogP contribution in [0.1, 0.15) is 23.8 Å². The lowest BCUT2D eigenvalue weighted by molar-refractivity contribution is -0.131. The van der Waals surface area contributed by atoms with Gasteiger partial charge in [-0.25, -0.2) is 4.79 Å². The molecule has 1 aromatic rings. The molecule has 5 nitrogen and oxygen atoms in total. The van der Waals surface area contributed by atoms with Gasteiger partial charge >= 0.3 is 5.97 Å². The average molecular weight is 294 g/mol. The van der Waals surface area contributed by atoms with Crippen molar-refractivity contribution in [2.45, 2.75) is 25.9 Å². The molecule has 108 valence electrons. The van der Waals surface area contributed by atoms with Crippen LogP contribution in [0.25, 0.3) is 6.08 Å². The van der Waals surface area contributed by atoms with Gasteiger partial charge in [0, 0.05) is 43.6 Å². The first kappa shape index (κ1) is 14.7. The van der Waals surface area contributed by atoms with Gasteiger partial charge in [0.2, 0.25) is 5.91 Å². The summed E-state index contributed by atoms with van der Waals surface area (Å²) in [6, 6.07) is 2.16. The first-order valence-corrected chi connectivity index (χ1v) is 7.39. The van der Waals surface area contributed by atoms with Gasteiger partial charge in [0.25, 0.3) is 0 Å². The van der Waals surface area contributed by atoms with Crippen LogP contribution >= 0.6 is 11.3 Å². The second-order valence-electron chi connectivity index (χ2n) is 4.89. The molecular formula is C14H18N2O3S. The number of carboxylic acids is 1. The van der Waals surface area contributed by atoms with Gasteiger partial charge < -0.3 is 10.4 Å². The maximum atomic E-state index is 11.0. The molecule has 1 atom stereocenters. The number of rotatable bonds is 5. The fourth-order valence-corrected chi connectivity index (χ4v) is 3.28. The molecule has 1 aromatic heterocycles. The molecule has 1 unspecified atom stereocenters.